The number of phenolic OH excluding ortho intramolecular Hbond substituents is 1. The first-order chi connectivity index (χ1) is 38.1. The molecule has 15 N–H and O–H groups in total. The molecule has 0 radical (unpaired) electrons. The van der Waals surface area contributed by atoms with Crippen LogP contribution < -0.4 is 74.5 Å². The minimum Gasteiger partial charge on any atom is -0.507 e. The Bertz CT molecular complexity index is 2650. The first-order valence-corrected chi connectivity index (χ1v) is 27.5. The number of nitrogens with zero attached hydrogens (tertiary/aromatic N) is 4. The number of nitrogens with one attached hydrogen (secondary N) is 6. The van der Waals surface area contributed by atoms with Crippen molar-refractivity contribution in [1.29, 1.82) is 0 Å². The number of fused-ring (bicyclic) bond motifs is 2. The minimum absolute atomic E-state index is 0.0369. The van der Waals surface area contributed by atoms with Crippen molar-refractivity contribution in [1.82, 2.24) is 41.7 Å². The van der Waals surface area contributed by atoms with Gasteiger partial charge in [0.1, 0.15) is 40.1 Å². The maximum Gasteiger partial charge on any atom is 0.258 e. The number of nitrogens with two attached hydrogens (primary N) is 4. The molecule has 0 spiro atoms. The summed E-state index contributed by atoms with van der Waals surface area (Å²) >= 11 is 0. The van der Waals surface area contributed by atoms with Crippen LogP contribution >= 0.6 is 0 Å². The molecule has 2 unspecified atom stereocenters. The average molecular weight is 1120 g/mol. The van der Waals surface area contributed by atoms with Gasteiger partial charge in [0.15, 0.2) is 36.6 Å². The zero-order valence-electron chi connectivity index (χ0n) is 48.7. The van der Waals surface area contributed by atoms with Crippen molar-refractivity contribution in [2.24, 2.45) is 32.9 Å². The molecule has 0 aliphatic carbocycles. The van der Waals surface area contributed by atoms with Gasteiger partial charge in [-0.2, -0.15) is 0 Å². The third-order valence-electron chi connectivity index (χ3n) is 12.4. The zero-order chi connectivity index (χ0) is 59.1. The summed E-state index contributed by atoms with van der Waals surface area (Å²) in [6.07, 6.45) is 8.61. The van der Waals surface area contributed by atoms with Gasteiger partial charge in [-0.3, -0.25) is 34.0 Å². The van der Waals surface area contributed by atoms with Crippen LogP contribution in [0.15, 0.2) is 54.6 Å². The van der Waals surface area contributed by atoms with Gasteiger partial charge < -0.3 is 88.4 Å². The molecule has 0 saturated heterocycles. The van der Waals surface area contributed by atoms with Gasteiger partial charge in [-0.15, -0.1) is 0 Å². The van der Waals surface area contributed by atoms with E-state index in [1.807, 2.05) is 68.0 Å². The van der Waals surface area contributed by atoms with Crippen molar-refractivity contribution in [3.05, 3.63) is 56.8 Å². The molecule has 24 nitrogen and oxygen atoms in total. The van der Waals surface area contributed by atoms with Crippen molar-refractivity contribution in [3.8, 4) is 23.0 Å². The Kier molecular flexibility index (Phi) is 30.4. The Labute approximate surface area is 471 Å². The number of phenols is 1. The lowest BCUT2D eigenvalue weighted by Crippen LogP contribution is -2.48. The molecule has 0 bridgehead atoms. The maximum atomic E-state index is 14.8. The van der Waals surface area contributed by atoms with Crippen molar-refractivity contribution >= 4 is 57.5 Å². The number of aliphatic imine (C=N–C) groups is 2. The van der Waals surface area contributed by atoms with E-state index >= 15 is 0 Å². The lowest BCUT2D eigenvalue weighted by Gasteiger charge is -2.20. The SMILES string of the molecule is COc1c(OCC(=O)NC(CCCN=C(N)N)C(=O)NCCCNCCCN(C)C)cc2oc3cc(OCC(=O)NC(CCCN=C(N)N)C(=O)NCCCNCCCN(C)C)c(CC=C(C)C)c(O)c3c(=O)c2c1CC=C(C)C. The molecule has 1 heterocycles. The third kappa shape index (κ3) is 24.5. The van der Waals surface area contributed by atoms with Crippen molar-refractivity contribution in [2.75, 3.05) is 114 Å². The van der Waals surface area contributed by atoms with E-state index in [2.05, 4.69) is 51.7 Å². The highest BCUT2D eigenvalue weighted by molar-refractivity contribution is 5.98. The minimum atomic E-state index is -0.943. The number of allylic oxidation sites excluding steroid dienone is 4. The highest BCUT2D eigenvalue weighted by Gasteiger charge is 2.27. The second kappa shape index (κ2) is 36.2. The lowest BCUT2D eigenvalue weighted by molar-refractivity contribution is -0.130. The summed E-state index contributed by atoms with van der Waals surface area (Å²) in [7, 11) is 9.50. The molecule has 446 valence electrons. The number of rotatable bonds is 39. The number of guanidine groups is 2. The molecule has 2 atom stereocenters. The summed E-state index contributed by atoms with van der Waals surface area (Å²) in [6.45, 7) is 12.7. The van der Waals surface area contributed by atoms with Gasteiger partial charge in [-0.25, -0.2) is 0 Å². The summed E-state index contributed by atoms with van der Waals surface area (Å²) in [5, 5.41) is 30.1. The first kappa shape index (κ1) is 67.1. The summed E-state index contributed by atoms with van der Waals surface area (Å²) in [6, 6.07) is 0.975. The quantitative estimate of drug-likeness (QED) is 0.0127. The van der Waals surface area contributed by atoms with E-state index < -0.39 is 48.3 Å². The molecule has 80 heavy (non-hydrogen) atoms. The molecule has 24 heteroatoms. The summed E-state index contributed by atoms with van der Waals surface area (Å²) in [5.74, 6) is -2.34. The number of benzene rings is 2. The van der Waals surface area contributed by atoms with Crippen LogP contribution in [-0.2, 0) is 32.0 Å². The fraction of sp³-hybridized carbons (Fsp3) is 0.589. The van der Waals surface area contributed by atoms with E-state index in [0.29, 0.717) is 57.4 Å². The molecule has 0 saturated carbocycles. The maximum absolute atomic E-state index is 14.8. The molecule has 3 aromatic rings. The van der Waals surface area contributed by atoms with E-state index in [4.69, 9.17) is 41.6 Å². The van der Waals surface area contributed by atoms with Crippen molar-refractivity contribution < 1.29 is 42.9 Å². The fourth-order valence-electron chi connectivity index (χ4n) is 8.36. The van der Waals surface area contributed by atoms with Crippen LogP contribution in [0.1, 0.15) is 90.2 Å². The smallest absolute Gasteiger partial charge is 0.258 e. The number of aromatic hydroxyl groups is 1. The number of hydrogen-bond donors (Lipinski definition) is 11. The Morgan fingerprint density at radius 1 is 0.637 bits per heavy atom. The van der Waals surface area contributed by atoms with E-state index in [9.17, 15) is 29.1 Å². The fourth-order valence-corrected chi connectivity index (χ4v) is 8.36. The number of amides is 4. The largest absolute Gasteiger partial charge is 0.507 e. The molecule has 0 aliphatic rings. The molecular formula is C56H92N14O10. The van der Waals surface area contributed by atoms with Gasteiger partial charge in [-0.1, -0.05) is 23.3 Å². The van der Waals surface area contributed by atoms with Crippen LogP contribution in [0.2, 0.25) is 0 Å². The number of hydrogen-bond acceptors (Lipinski definition) is 16. The van der Waals surface area contributed by atoms with Crippen LogP contribution in [-0.4, -0.2) is 176 Å². The second-order valence-electron chi connectivity index (χ2n) is 20.6. The van der Waals surface area contributed by atoms with Gasteiger partial charge in [0.05, 0.1) is 12.5 Å². The van der Waals surface area contributed by atoms with Crippen LogP contribution in [0.5, 0.6) is 23.0 Å². The number of carbonyl (C=O) groups excluding carboxylic acids is 4. The van der Waals surface area contributed by atoms with Crippen molar-refractivity contribution in [2.45, 2.75) is 104 Å². The summed E-state index contributed by atoms with van der Waals surface area (Å²) in [4.78, 5) is 81.3. The Morgan fingerprint density at radius 3 is 1.52 bits per heavy atom. The van der Waals surface area contributed by atoms with Crippen molar-refractivity contribution in [3.63, 3.8) is 0 Å². The molecule has 3 rings (SSSR count). The zero-order valence-corrected chi connectivity index (χ0v) is 48.7. The molecule has 1 aromatic heterocycles. The summed E-state index contributed by atoms with van der Waals surface area (Å²) < 4.78 is 24.6. The van der Waals surface area contributed by atoms with E-state index in [-0.39, 0.29) is 107 Å². The molecule has 0 fully saturated rings. The normalized spacial score (nSPS) is 11.9. The van der Waals surface area contributed by atoms with Gasteiger partial charge >= 0.3 is 0 Å². The second-order valence-corrected chi connectivity index (χ2v) is 20.6. The molecule has 0 aliphatic heterocycles. The Morgan fingerprint density at radius 2 is 1.07 bits per heavy atom. The van der Waals surface area contributed by atoms with Gasteiger partial charge in [0, 0.05) is 49.4 Å². The molecular weight excluding hydrogens is 1030 g/mol. The predicted molar refractivity (Wildman–Crippen MR) is 316 cm³/mol. The topological polar surface area (TPSA) is 354 Å². The van der Waals surface area contributed by atoms with Crippen LogP contribution in [0.25, 0.3) is 21.9 Å². The Hall–Kier alpha value is -7.15. The molecule has 2 aromatic carbocycles. The standard InChI is InChI=1S/C56H92N14O10/c1-36(2)18-20-38-42(78-34-46(71)67-40(16-10-26-65-55(57)58)53(75)63-28-12-22-61-24-14-30-69(5)6)32-44-49(50(38)73)51(74)48-39(21-19-37(3)4)52(77-9)45(33-43(48)80-44)79-35-47(72)68-41(17-11-27-66-56(59)60)54(76)64-29-13-23-62-25-15-31-70(7)8/h18-19,32-33,40-41,61-62,73H,10-17,20-31,34-35H2,1-9H3,(H,63,75)(H,64,76)(H,67,71)(H,68,72)(H4,57,58,65)(H4,59,60,66). The lowest BCUT2D eigenvalue weighted by atomic mass is 9.98. The van der Waals surface area contributed by atoms with Gasteiger partial charge in [0.2, 0.25) is 17.2 Å². The van der Waals surface area contributed by atoms with Crippen LogP contribution in [0.3, 0.4) is 0 Å². The number of carbonyl (C=O) groups is 4. The first-order valence-electron chi connectivity index (χ1n) is 27.5. The highest BCUT2D eigenvalue weighted by atomic mass is 16.5. The summed E-state index contributed by atoms with van der Waals surface area (Å²) in [5.41, 5.74) is 23.9. The van der Waals surface area contributed by atoms with E-state index in [1.165, 1.54) is 19.2 Å². The van der Waals surface area contributed by atoms with E-state index in [1.54, 1.807) is 0 Å². The predicted octanol–water partition coefficient (Wildman–Crippen LogP) is 1.61. The van der Waals surface area contributed by atoms with Gasteiger partial charge in [0.25, 0.3) is 11.8 Å². The van der Waals surface area contributed by atoms with E-state index in [0.717, 1.165) is 50.2 Å². The highest BCUT2D eigenvalue weighted by Crippen LogP contribution is 2.42. The third-order valence-corrected chi connectivity index (χ3v) is 12.4. The molecule has 4 amide bonds. The average Bonchev–Trinajstić information content (AvgIpc) is 3.46. The Balaban J connectivity index is 1.97. The number of ether oxygens (including phenoxy) is 3. The van der Waals surface area contributed by atoms with Crippen LogP contribution in [0, 0.1) is 0 Å². The van der Waals surface area contributed by atoms with Crippen LogP contribution in [0.4, 0.5) is 0 Å². The monoisotopic (exact) mass is 1120 g/mol. The van der Waals surface area contributed by atoms with Gasteiger partial charge in [-0.05, 0) is 159 Å². The number of methoxy groups -OCH3 is 1.